The largest absolute Gasteiger partial charge is 0.356 e. The molecule has 3 aromatic rings. The Morgan fingerprint density at radius 1 is 1.15 bits per heavy atom. The van der Waals surface area contributed by atoms with Gasteiger partial charge in [-0.05, 0) is 50.2 Å². The summed E-state index contributed by atoms with van der Waals surface area (Å²) in [7, 11) is 0. The standard InChI is InChI=1S/C26H32N4O3/c1-16(2)13-19-5-7-20(8-6-19)18(4)26(32)30-11-9-21(10-12-30)25-22(15-24(31)27-28-25)23-14-17(3)29-33-23/h5-8,14-16,18,21H,9-13H2,1-4H3,(H,27,31)/t18-/m1/s1. The van der Waals surface area contributed by atoms with Crippen LogP contribution in [0.1, 0.15) is 68.0 Å². The van der Waals surface area contributed by atoms with Gasteiger partial charge in [-0.25, -0.2) is 5.10 Å². The maximum atomic E-state index is 13.2. The molecule has 1 atom stereocenters. The molecule has 1 aliphatic rings. The molecule has 7 heteroatoms. The highest BCUT2D eigenvalue weighted by atomic mass is 16.5. The summed E-state index contributed by atoms with van der Waals surface area (Å²) < 4.78 is 5.40. The van der Waals surface area contributed by atoms with Crippen LogP contribution in [0.25, 0.3) is 11.3 Å². The Bertz CT molecular complexity index is 1150. The van der Waals surface area contributed by atoms with Gasteiger partial charge in [0, 0.05) is 36.7 Å². The van der Waals surface area contributed by atoms with Gasteiger partial charge in [-0.1, -0.05) is 43.3 Å². The van der Waals surface area contributed by atoms with Crippen molar-refractivity contribution >= 4 is 5.91 Å². The molecule has 0 aliphatic carbocycles. The molecule has 1 aromatic carbocycles. The summed E-state index contributed by atoms with van der Waals surface area (Å²) in [6, 6.07) is 11.8. The smallest absolute Gasteiger partial charge is 0.264 e. The second kappa shape index (κ2) is 9.73. The number of benzene rings is 1. The molecule has 174 valence electrons. The molecule has 1 saturated heterocycles. The van der Waals surface area contributed by atoms with E-state index >= 15 is 0 Å². The molecule has 0 saturated carbocycles. The van der Waals surface area contributed by atoms with Crippen molar-refractivity contribution in [1.29, 1.82) is 0 Å². The molecular formula is C26H32N4O3. The van der Waals surface area contributed by atoms with Crippen LogP contribution in [0.15, 0.2) is 45.7 Å². The number of hydrogen-bond donors (Lipinski definition) is 1. The number of amides is 1. The zero-order valence-corrected chi connectivity index (χ0v) is 19.8. The average Bonchev–Trinajstić information content (AvgIpc) is 3.24. The number of rotatable bonds is 6. The molecule has 0 unspecified atom stereocenters. The third kappa shape index (κ3) is 5.24. The number of nitrogens with zero attached hydrogens (tertiary/aromatic N) is 3. The second-order valence-corrected chi connectivity index (χ2v) is 9.52. The van der Waals surface area contributed by atoms with Crippen LogP contribution < -0.4 is 5.56 Å². The number of H-pyrrole nitrogens is 1. The van der Waals surface area contributed by atoms with E-state index in [1.807, 2.05) is 24.8 Å². The number of hydrogen-bond acceptors (Lipinski definition) is 5. The lowest BCUT2D eigenvalue weighted by Gasteiger charge is -2.33. The molecule has 0 radical (unpaired) electrons. The number of aromatic amines is 1. The first kappa shape index (κ1) is 23.0. The highest BCUT2D eigenvalue weighted by molar-refractivity contribution is 5.83. The Balaban J connectivity index is 1.43. The normalized spacial score (nSPS) is 15.7. The van der Waals surface area contributed by atoms with Crippen LogP contribution >= 0.6 is 0 Å². The summed E-state index contributed by atoms with van der Waals surface area (Å²) in [4.78, 5) is 27.0. The van der Waals surface area contributed by atoms with Gasteiger partial charge in [0.1, 0.15) is 0 Å². The van der Waals surface area contributed by atoms with Gasteiger partial charge < -0.3 is 9.42 Å². The lowest BCUT2D eigenvalue weighted by Crippen LogP contribution is -2.40. The van der Waals surface area contributed by atoms with Crippen LogP contribution in [0.4, 0.5) is 0 Å². The average molecular weight is 449 g/mol. The van der Waals surface area contributed by atoms with E-state index in [1.165, 1.54) is 11.6 Å². The van der Waals surface area contributed by atoms with E-state index in [1.54, 1.807) is 0 Å². The Kier molecular flexibility index (Phi) is 6.77. The molecule has 3 heterocycles. The predicted molar refractivity (Wildman–Crippen MR) is 127 cm³/mol. The number of aryl methyl sites for hydroxylation is 1. The van der Waals surface area contributed by atoms with Crippen molar-refractivity contribution < 1.29 is 9.32 Å². The monoisotopic (exact) mass is 448 g/mol. The lowest BCUT2D eigenvalue weighted by molar-refractivity contribution is -0.133. The van der Waals surface area contributed by atoms with Crippen molar-refractivity contribution in [2.45, 2.75) is 58.8 Å². The Morgan fingerprint density at radius 3 is 2.45 bits per heavy atom. The van der Waals surface area contributed by atoms with Crippen LogP contribution in [0.3, 0.4) is 0 Å². The number of aromatic nitrogens is 3. The summed E-state index contributed by atoms with van der Waals surface area (Å²) in [5.74, 6) is 1.28. The number of piperidine rings is 1. The summed E-state index contributed by atoms with van der Waals surface area (Å²) in [5, 5.41) is 10.8. The Hall–Kier alpha value is -3.22. The number of nitrogens with one attached hydrogen (secondary N) is 1. The van der Waals surface area contributed by atoms with Gasteiger partial charge in [0.25, 0.3) is 5.56 Å². The van der Waals surface area contributed by atoms with Crippen LogP contribution in [-0.2, 0) is 11.2 Å². The maximum Gasteiger partial charge on any atom is 0.264 e. The molecule has 0 bridgehead atoms. The quantitative estimate of drug-likeness (QED) is 0.602. The molecule has 1 aliphatic heterocycles. The van der Waals surface area contributed by atoms with Crippen LogP contribution in [0, 0.1) is 12.8 Å². The van der Waals surface area contributed by atoms with Crippen LogP contribution in [-0.4, -0.2) is 39.3 Å². The minimum absolute atomic E-state index is 0.136. The number of carbonyl (C=O) groups is 1. The first-order chi connectivity index (χ1) is 15.8. The first-order valence-corrected chi connectivity index (χ1v) is 11.7. The summed E-state index contributed by atoms with van der Waals surface area (Å²) in [6.45, 7) is 9.57. The Morgan fingerprint density at radius 2 is 1.85 bits per heavy atom. The topological polar surface area (TPSA) is 92.1 Å². The van der Waals surface area contributed by atoms with E-state index in [9.17, 15) is 9.59 Å². The second-order valence-electron chi connectivity index (χ2n) is 9.52. The van der Waals surface area contributed by atoms with E-state index < -0.39 is 0 Å². The minimum Gasteiger partial charge on any atom is -0.356 e. The summed E-state index contributed by atoms with van der Waals surface area (Å²) >= 11 is 0. The number of likely N-dealkylation sites (tertiary alicyclic amines) is 1. The van der Waals surface area contributed by atoms with Gasteiger partial charge in [-0.3, -0.25) is 9.59 Å². The number of carbonyl (C=O) groups excluding carboxylic acids is 1. The third-order valence-corrected chi connectivity index (χ3v) is 6.42. The summed E-state index contributed by atoms with van der Waals surface area (Å²) in [6.07, 6.45) is 2.61. The van der Waals surface area contributed by atoms with E-state index in [0.717, 1.165) is 36.2 Å². The predicted octanol–water partition coefficient (Wildman–Crippen LogP) is 4.44. The van der Waals surface area contributed by atoms with Crippen molar-refractivity contribution in [2.75, 3.05) is 13.1 Å². The van der Waals surface area contributed by atoms with Crippen molar-refractivity contribution in [2.24, 2.45) is 5.92 Å². The van der Waals surface area contributed by atoms with Crippen molar-refractivity contribution in [3.63, 3.8) is 0 Å². The highest BCUT2D eigenvalue weighted by Gasteiger charge is 2.30. The highest BCUT2D eigenvalue weighted by Crippen LogP contribution is 2.34. The van der Waals surface area contributed by atoms with Gasteiger partial charge in [-0.2, -0.15) is 5.10 Å². The first-order valence-electron chi connectivity index (χ1n) is 11.7. The fourth-order valence-electron chi connectivity index (χ4n) is 4.62. The third-order valence-electron chi connectivity index (χ3n) is 6.42. The lowest BCUT2D eigenvalue weighted by atomic mass is 9.89. The van der Waals surface area contributed by atoms with Crippen molar-refractivity contribution in [3.8, 4) is 11.3 Å². The Labute approximate surface area is 194 Å². The van der Waals surface area contributed by atoms with Gasteiger partial charge in [0.15, 0.2) is 5.76 Å². The molecule has 33 heavy (non-hydrogen) atoms. The van der Waals surface area contributed by atoms with E-state index in [0.29, 0.717) is 30.3 Å². The summed E-state index contributed by atoms with van der Waals surface area (Å²) in [5.41, 5.74) is 4.32. The SMILES string of the molecule is Cc1cc(-c2cc(=O)[nH]nc2C2CCN(C(=O)[C@H](C)c3ccc(CC(C)C)cc3)CC2)on1. The van der Waals surface area contributed by atoms with Gasteiger partial charge in [0.2, 0.25) is 5.91 Å². The van der Waals surface area contributed by atoms with Gasteiger partial charge >= 0.3 is 0 Å². The maximum absolute atomic E-state index is 13.2. The zero-order valence-electron chi connectivity index (χ0n) is 19.8. The van der Waals surface area contributed by atoms with Gasteiger partial charge in [0.05, 0.1) is 17.3 Å². The van der Waals surface area contributed by atoms with Crippen molar-refractivity contribution in [1.82, 2.24) is 20.3 Å². The molecule has 0 spiro atoms. The van der Waals surface area contributed by atoms with Gasteiger partial charge in [-0.15, -0.1) is 0 Å². The molecule has 1 N–H and O–H groups in total. The molecule has 1 amide bonds. The molecule has 2 aromatic heterocycles. The molecule has 1 fully saturated rings. The zero-order chi connectivity index (χ0) is 23.5. The fraction of sp³-hybridized carbons (Fsp3) is 0.462. The fourth-order valence-corrected chi connectivity index (χ4v) is 4.62. The van der Waals surface area contributed by atoms with Crippen LogP contribution in [0.2, 0.25) is 0 Å². The minimum atomic E-state index is -0.274. The van der Waals surface area contributed by atoms with Crippen LogP contribution in [0.5, 0.6) is 0 Å². The molecular weight excluding hydrogens is 416 g/mol. The molecule has 7 nitrogen and oxygen atoms in total. The van der Waals surface area contributed by atoms with Crippen molar-refractivity contribution in [3.05, 3.63) is 69.3 Å². The van der Waals surface area contributed by atoms with E-state index in [2.05, 4.69) is 53.5 Å². The molecule has 4 rings (SSSR count). The van der Waals surface area contributed by atoms with E-state index in [-0.39, 0.29) is 23.3 Å². The van der Waals surface area contributed by atoms with E-state index in [4.69, 9.17) is 4.52 Å².